The van der Waals surface area contributed by atoms with E-state index in [0.29, 0.717) is 5.56 Å². The van der Waals surface area contributed by atoms with Crippen molar-refractivity contribution in [1.29, 1.82) is 0 Å². The maximum absolute atomic E-state index is 10.3. The first kappa shape index (κ1) is 9.80. The number of aromatic nitrogens is 1. The lowest BCUT2D eigenvalue weighted by molar-refractivity contribution is -0.139. The van der Waals surface area contributed by atoms with Crippen LogP contribution in [0.3, 0.4) is 0 Å². The molecule has 0 aromatic carbocycles. The van der Waals surface area contributed by atoms with Crippen molar-refractivity contribution in [2.75, 3.05) is 0 Å². The van der Waals surface area contributed by atoms with Gasteiger partial charge < -0.3 is 15.2 Å². The number of carbonyl (C=O) groups is 1. The normalized spacial score (nSPS) is 12.8. The topological polar surface area (TPSA) is 73.3 Å². The molecule has 0 amide bonds. The van der Waals surface area contributed by atoms with E-state index < -0.39 is 12.1 Å². The van der Waals surface area contributed by atoms with Crippen molar-refractivity contribution in [2.45, 2.75) is 26.4 Å². The SMILES string of the molecule is Cc1cc(C(O)CC(=O)O)c(C)[nH]1. The number of aliphatic carboxylic acids is 1. The molecule has 1 heterocycles. The van der Waals surface area contributed by atoms with E-state index in [0.717, 1.165) is 11.4 Å². The fraction of sp³-hybridized carbons (Fsp3) is 0.444. The summed E-state index contributed by atoms with van der Waals surface area (Å²) < 4.78 is 0. The Balaban J connectivity index is 2.81. The summed E-state index contributed by atoms with van der Waals surface area (Å²) in [6, 6.07) is 1.77. The Morgan fingerprint density at radius 1 is 1.62 bits per heavy atom. The molecule has 0 radical (unpaired) electrons. The van der Waals surface area contributed by atoms with E-state index in [1.54, 1.807) is 6.07 Å². The van der Waals surface area contributed by atoms with Crippen molar-refractivity contribution in [2.24, 2.45) is 0 Å². The maximum Gasteiger partial charge on any atom is 0.306 e. The summed E-state index contributed by atoms with van der Waals surface area (Å²) in [5.41, 5.74) is 2.42. The van der Waals surface area contributed by atoms with Crippen molar-refractivity contribution in [1.82, 2.24) is 4.98 Å². The summed E-state index contributed by atoms with van der Waals surface area (Å²) in [6.45, 7) is 3.68. The fourth-order valence-electron chi connectivity index (χ4n) is 1.37. The number of carboxylic acid groups (broad SMARTS) is 1. The lowest BCUT2D eigenvalue weighted by Crippen LogP contribution is -2.05. The molecule has 3 N–H and O–H groups in total. The number of aliphatic hydroxyl groups excluding tert-OH is 1. The highest BCUT2D eigenvalue weighted by atomic mass is 16.4. The standard InChI is InChI=1S/C9H13NO3/c1-5-3-7(6(2)10-5)8(11)4-9(12)13/h3,8,10-11H,4H2,1-2H3,(H,12,13). The first-order valence-corrected chi connectivity index (χ1v) is 4.06. The van der Waals surface area contributed by atoms with Gasteiger partial charge in [0.2, 0.25) is 0 Å². The van der Waals surface area contributed by atoms with E-state index in [9.17, 15) is 9.90 Å². The first-order chi connectivity index (χ1) is 6.00. The van der Waals surface area contributed by atoms with Crippen LogP contribution in [0.1, 0.15) is 29.5 Å². The molecule has 0 aliphatic carbocycles. The van der Waals surface area contributed by atoms with Gasteiger partial charge in [-0.1, -0.05) is 0 Å². The second-order valence-electron chi connectivity index (χ2n) is 3.15. The zero-order valence-electron chi connectivity index (χ0n) is 7.66. The fourth-order valence-corrected chi connectivity index (χ4v) is 1.37. The number of H-pyrrole nitrogens is 1. The number of aliphatic hydroxyl groups is 1. The van der Waals surface area contributed by atoms with Crippen LogP contribution in [0.15, 0.2) is 6.07 Å². The van der Waals surface area contributed by atoms with Crippen LogP contribution in [0, 0.1) is 13.8 Å². The number of hydrogen-bond donors (Lipinski definition) is 3. The summed E-state index contributed by atoms with van der Waals surface area (Å²) in [6.07, 6.45) is -1.17. The molecule has 1 aromatic rings. The number of nitrogens with one attached hydrogen (secondary N) is 1. The minimum absolute atomic E-state index is 0.252. The first-order valence-electron chi connectivity index (χ1n) is 4.06. The van der Waals surface area contributed by atoms with Crippen LogP contribution in [0.2, 0.25) is 0 Å². The number of aromatic amines is 1. The van der Waals surface area contributed by atoms with Gasteiger partial charge in [-0.15, -0.1) is 0 Å². The van der Waals surface area contributed by atoms with E-state index in [2.05, 4.69) is 4.98 Å². The van der Waals surface area contributed by atoms with Gasteiger partial charge in [0.25, 0.3) is 0 Å². The van der Waals surface area contributed by atoms with Crippen molar-refractivity contribution < 1.29 is 15.0 Å². The molecule has 0 saturated carbocycles. The van der Waals surface area contributed by atoms with Crippen LogP contribution in [0.5, 0.6) is 0 Å². The molecule has 0 fully saturated rings. The van der Waals surface area contributed by atoms with E-state index in [-0.39, 0.29) is 6.42 Å². The molecule has 0 aliphatic heterocycles. The molecule has 4 heteroatoms. The van der Waals surface area contributed by atoms with Crippen LogP contribution in [-0.2, 0) is 4.79 Å². The van der Waals surface area contributed by atoms with Crippen molar-refractivity contribution >= 4 is 5.97 Å². The second kappa shape index (κ2) is 3.62. The summed E-state index contributed by atoms with van der Waals surface area (Å²) >= 11 is 0. The molecular weight excluding hydrogens is 170 g/mol. The lowest BCUT2D eigenvalue weighted by atomic mass is 10.1. The predicted molar refractivity (Wildman–Crippen MR) is 47.5 cm³/mol. The van der Waals surface area contributed by atoms with Crippen LogP contribution in [0.4, 0.5) is 0 Å². The van der Waals surface area contributed by atoms with Crippen molar-refractivity contribution in [3.8, 4) is 0 Å². The molecule has 0 aliphatic rings. The molecule has 1 aromatic heterocycles. The quantitative estimate of drug-likeness (QED) is 0.657. The minimum Gasteiger partial charge on any atom is -0.481 e. The summed E-state index contributed by atoms with van der Waals surface area (Å²) in [5, 5.41) is 18.0. The molecule has 1 rings (SSSR count). The molecule has 0 bridgehead atoms. The van der Waals surface area contributed by atoms with E-state index in [1.165, 1.54) is 0 Å². The van der Waals surface area contributed by atoms with Gasteiger partial charge >= 0.3 is 5.97 Å². The van der Waals surface area contributed by atoms with E-state index in [1.807, 2.05) is 13.8 Å². The molecule has 13 heavy (non-hydrogen) atoms. The molecule has 0 saturated heterocycles. The van der Waals surface area contributed by atoms with Crippen LogP contribution in [-0.4, -0.2) is 21.2 Å². The highest BCUT2D eigenvalue weighted by molar-refractivity contribution is 5.67. The predicted octanol–water partition coefficient (Wildman–Crippen LogP) is 1.14. The third kappa shape index (κ3) is 2.32. The maximum atomic E-state index is 10.3. The number of hydrogen-bond acceptors (Lipinski definition) is 2. The highest BCUT2D eigenvalue weighted by Gasteiger charge is 2.15. The molecular formula is C9H13NO3. The molecule has 1 atom stereocenters. The zero-order chi connectivity index (χ0) is 10.0. The molecule has 72 valence electrons. The minimum atomic E-state index is -0.995. The Morgan fingerprint density at radius 2 is 2.23 bits per heavy atom. The van der Waals surface area contributed by atoms with Crippen molar-refractivity contribution in [3.05, 3.63) is 23.0 Å². The van der Waals surface area contributed by atoms with Crippen LogP contribution >= 0.6 is 0 Å². The van der Waals surface area contributed by atoms with Crippen LogP contribution < -0.4 is 0 Å². The molecule has 1 unspecified atom stereocenters. The average molecular weight is 183 g/mol. The van der Waals surface area contributed by atoms with Gasteiger partial charge in [-0.05, 0) is 19.9 Å². The number of aryl methyl sites for hydroxylation is 2. The van der Waals surface area contributed by atoms with Crippen LogP contribution in [0.25, 0.3) is 0 Å². The number of rotatable bonds is 3. The van der Waals surface area contributed by atoms with Gasteiger partial charge in [-0.25, -0.2) is 0 Å². The summed E-state index contributed by atoms with van der Waals surface area (Å²) in [4.78, 5) is 13.3. The molecule has 4 nitrogen and oxygen atoms in total. The monoisotopic (exact) mass is 183 g/mol. The Hall–Kier alpha value is -1.29. The lowest BCUT2D eigenvalue weighted by Gasteiger charge is -2.06. The summed E-state index contributed by atoms with van der Waals surface area (Å²) in [7, 11) is 0. The third-order valence-corrected chi connectivity index (χ3v) is 1.92. The van der Waals surface area contributed by atoms with E-state index >= 15 is 0 Å². The highest BCUT2D eigenvalue weighted by Crippen LogP contribution is 2.21. The van der Waals surface area contributed by atoms with Gasteiger partial charge in [0.1, 0.15) is 0 Å². The zero-order valence-corrected chi connectivity index (χ0v) is 7.66. The van der Waals surface area contributed by atoms with Gasteiger partial charge in [-0.3, -0.25) is 4.79 Å². The Morgan fingerprint density at radius 3 is 2.62 bits per heavy atom. The summed E-state index contributed by atoms with van der Waals surface area (Å²) in [5.74, 6) is -0.995. The van der Waals surface area contributed by atoms with E-state index in [4.69, 9.17) is 5.11 Å². The number of carboxylic acids is 1. The Bertz CT molecular complexity index is 317. The smallest absolute Gasteiger partial charge is 0.306 e. The van der Waals surface area contributed by atoms with Gasteiger partial charge in [0, 0.05) is 17.0 Å². The Kier molecular flexibility index (Phi) is 2.72. The van der Waals surface area contributed by atoms with Gasteiger partial charge in [-0.2, -0.15) is 0 Å². The van der Waals surface area contributed by atoms with Gasteiger partial charge in [0.15, 0.2) is 0 Å². The third-order valence-electron chi connectivity index (χ3n) is 1.92. The largest absolute Gasteiger partial charge is 0.481 e. The average Bonchev–Trinajstić information content (AvgIpc) is 2.28. The molecule has 0 spiro atoms. The van der Waals surface area contributed by atoms with Crippen molar-refractivity contribution in [3.63, 3.8) is 0 Å². The van der Waals surface area contributed by atoms with Gasteiger partial charge in [0.05, 0.1) is 12.5 Å². The Labute approximate surface area is 76.2 Å². The second-order valence-corrected chi connectivity index (χ2v) is 3.15.